The number of phosphoric ester groups is 1. The normalized spacial score (nSPS) is 14.7. The maximum Gasteiger partial charge on any atom is 0.472 e. The Labute approximate surface area is 235 Å². The number of aliphatic hydroxyl groups excluding tert-OH is 2. The molecule has 3 N–H and O–H groups in total. The Morgan fingerprint density at radius 3 is 1.54 bits per heavy atom. The van der Waals surface area contributed by atoms with Gasteiger partial charge >= 0.3 is 19.8 Å². The number of aliphatic hydroxyl groups is 2. The number of carbonyl (C=O) groups is 2. The highest BCUT2D eigenvalue weighted by Crippen LogP contribution is 2.43. The molecular weight excluding hydrogens is 527 g/mol. The third-order valence-corrected chi connectivity index (χ3v) is 6.93. The summed E-state index contributed by atoms with van der Waals surface area (Å²) in [5.41, 5.74) is 0. The van der Waals surface area contributed by atoms with Crippen molar-refractivity contribution in [3.8, 4) is 0 Å². The first-order valence-corrected chi connectivity index (χ1v) is 16.1. The van der Waals surface area contributed by atoms with Gasteiger partial charge in [-0.1, -0.05) is 83.8 Å². The van der Waals surface area contributed by atoms with E-state index in [1.807, 2.05) is 0 Å². The molecule has 0 aliphatic rings. The molecule has 0 aromatic rings. The van der Waals surface area contributed by atoms with Gasteiger partial charge in [0.25, 0.3) is 0 Å². The van der Waals surface area contributed by atoms with Crippen molar-refractivity contribution in [2.75, 3.05) is 26.4 Å². The predicted molar refractivity (Wildman–Crippen MR) is 150 cm³/mol. The van der Waals surface area contributed by atoms with Gasteiger partial charge in [0.1, 0.15) is 12.2 Å². The maximum atomic E-state index is 12.1. The van der Waals surface area contributed by atoms with Gasteiger partial charge in [-0.15, -0.1) is 0 Å². The van der Waals surface area contributed by atoms with E-state index >= 15 is 0 Å². The fraction of sp³-hybridized carbons (Fsp3) is 0.857. The van der Waals surface area contributed by atoms with Crippen LogP contribution in [0.4, 0.5) is 0 Å². The zero-order valence-electron chi connectivity index (χ0n) is 24.1. The molecule has 10 nitrogen and oxygen atoms in total. The van der Waals surface area contributed by atoms with E-state index in [9.17, 15) is 29.3 Å². The van der Waals surface area contributed by atoms with E-state index in [4.69, 9.17) is 18.5 Å². The SMILES string of the molecule is CCCC/C=C\CCCCCCCC(=O)OC(CO)COP(=O)(O)OCC(CO)OC(=O)CCCCCCC. The first-order valence-electron chi connectivity index (χ1n) is 14.6. The lowest BCUT2D eigenvalue weighted by molar-refractivity contribution is -0.153. The molecule has 0 rings (SSSR count). The average molecular weight is 581 g/mol. The highest BCUT2D eigenvalue weighted by molar-refractivity contribution is 7.47. The number of esters is 2. The molecule has 0 aliphatic heterocycles. The first kappa shape index (κ1) is 37.7. The van der Waals surface area contributed by atoms with Crippen LogP contribution in [0.3, 0.4) is 0 Å². The number of rotatable bonds is 27. The van der Waals surface area contributed by atoms with Gasteiger partial charge in [-0.3, -0.25) is 18.6 Å². The number of unbranched alkanes of at least 4 members (excludes halogenated alkanes) is 11. The van der Waals surface area contributed by atoms with Gasteiger partial charge in [-0.2, -0.15) is 0 Å². The van der Waals surface area contributed by atoms with Gasteiger partial charge in [-0.25, -0.2) is 4.57 Å². The number of ether oxygens (including phenoxy) is 2. The van der Waals surface area contributed by atoms with E-state index in [2.05, 4.69) is 26.0 Å². The van der Waals surface area contributed by atoms with Gasteiger partial charge in [-0.05, 0) is 32.1 Å². The molecule has 0 saturated carbocycles. The lowest BCUT2D eigenvalue weighted by atomic mass is 10.1. The number of phosphoric acid groups is 1. The molecule has 0 aromatic heterocycles. The van der Waals surface area contributed by atoms with Crippen LogP contribution in [0.5, 0.6) is 0 Å². The summed E-state index contributed by atoms with van der Waals surface area (Å²) in [7, 11) is -4.60. The molecule has 0 saturated heterocycles. The fourth-order valence-corrected chi connectivity index (χ4v) is 4.41. The molecule has 0 bridgehead atoms. The molecule has 0 aliphatic carbocycles. The summed E-state index contributed by atoms with van der Waals surface area (Å²) >= 11 is 0. The van der Waals surface area contributed by atoms with Crippen LogP contribution >= 0.6 is 7.82 Å². The van der Waals surface area contributed by atoms with Gasteiger partial charge < -0.3 is 24.6 Å². The zero-order chi connectivity index (χ0) is 29.2. The highest BCUT2D eigenvalue weighted by atomic mass is 31.2. The average Bonchev–Trinajstić information content (AvgIpc) is 2.91. The van der Waals surface area contributed by atoms with Crippen molar-refractivity contribution in [3.63, 3.8) is 0 Å². The van der Waals surface area contributed by atoms with Crippen molar-refractivity contribution < 1.29 is 47.8 Å². The second kappa shape index (κ2) is 25.7. The maximum absolute atomic E-state index is 12.1. The second-order valence-electron chi connectivity index (χ2n) is 9.73. The van der Waals surface area contributed by atoms with Crippen LogP contribution in [0.25, 0.3) is 0 Å². The van der Waals surface area contributed by atoms with Crippen LogP contribution < -0.4 is 0 Å². The Balaban J connectivity index is 4.10. The van der Waals surface area contributed by atoms with Crippen molar-refractivity contribution in [3.05, 3.63) is 12.2 Å². The smallest absolute Gasteiger partial charge is 0.457 e. The summed E-state index contributed by atoms with van der Waals surface area (Å²) in [5, 5.41) is 18.8. The topological polar surface area (TPSA) is 149 Å². The van der Waals surface area contributed by atoms with Gasteiger partial charge in [0.05, 0.1) is 26.4 Å². The molecule has 0 aromatic carbocycles. The van der Waals surface area contributed by atoms with Crippen LogP contribution in [0.2, 0.25) is 0 Å². The van der Waals surface area contributed by atoms with E-state index in [1.54, 1.807) is 0 Å². The predicted octanol–water partition coefficient (Wildman–Crippen LogP) is 5.77. The minimum absolute atomic E-state index is 0.183. The Morgan fingerprint density at radius 1 is 0.667 bits per heavy atom. The number of hydrogen-bond acceptors (Lipinski definition) is 9. The molecule has 0 fully saturated rings. The Morgan fingerprint density at radius 2 is 1.08 bits per heavy atom. The molecule has 3 unspecified atom stereocenters. The monoisotopic (exact) mass is 580 g/mol. The van der Waals surface area contributed by atoms with Crippen LogP contribution in [-0.4, -0.2) is 65.7 Å². The van der Waals surface area contributed by atoms with Gasteiger partial charge in [0.15, 0.2) is 0 Å². The molecule has 39 heavy (non-hydrogen) atoms. The Hall–Kier alpha value is -1.29. The van der Waals surface area contributed by atoms with E-state index in [1.165, 1.54) is 12.8 Å². The van der Waals surface area contributed by atoms with Gasteiger partial charge in [0.2, 0.25) is 0 Å². The summed E-state index contributed by atoms with van der Waals surface area (Å²) in [6.45, 7) is 1.99. The summed E-state index contributed by atoms with van der Waals surface area (Å²) in [5.74, 6) is -1.04. The minimum Gasteiger partial charge on any atom is -0.457 e. The van der Waals surface area contributed by atoms with Crippen molar-refractivity contribution in [1.82, 2.24) is 0 Å². The molecule has 0 amide bonds. The van der Waals surface area contributed by atoms with Crippen LogP contribution in [-0.2, 0) is 32.7 Å². The summed E-state index contributed by atoms with van der Waals surface area (Å²) in [6.07, 6.45) is 16.8. The van der Waals surface area contributed by atoms with E-state index in [0.29, 0.717) is 12.8 Å². The number of carbonyl (C=O) groups excluding carboxylic acids is 2. The Kier molecular flexibility index (Phi) is 24.8. The molecular formula is C28H53O10P. The number of allylic oxidation sites excluding steroid dienone is 2. The van der Waals surface area contributed by atoms with Crippen LogP contribution in [0, 0.1) is 0 Å². The summed E-state index contributed by atoms with van der Waals surface area (Å²) in [4.78, 5) is 33.8. The zero-order valence-corrected chi connectivity index (χ0v) is 25.0. The lowest BCUT2D eigenvalue weighted by Gasteiger charge is -2.20. The lowest BCUT2D eigenvalue weighted by Crippen LogP contribution is -2.28. The molecule has 230 valence electrons. The molecule has 3 atom stereocenters. The third kappa shape index (κ3) is 24.2. The molecule has 0 heterocycles. The van der Waals surface area contributed by atoms with Crippen molar-refractivity contribution in [2.45, 2.75) is 129 Å². The minimum atomic E-state index is -4.60. The first-order chi connectivity index (χ1) is 18.8. The quantitative estimate of drug-likeness (QED) is 0.0473. The fourth-order valence-electron chi connectivity index (χ4n) is 3.62. The van der Waals surface area contributed by atoms with E-state index in [-0.39, 0.29) is 12.8 Å². The standard InChI is InChI=1S/C28H53O10P/c1-3-5-7-9-10-11-12-13-14-16-18-20-28(32)38-26(22-30)24-36-39(33,34)35-23-25(21-29)37-27(31)19-17-15-8-6-4-2/h9-10,25-26,29-30H,3-8,11-24H2,1-2H3,(H,33,34)/b10-9-. The number of hydrogen-bond donors (Lipinski definition) is 3. The molecule has 0 radical (unpaired) electrons. The van der Waals surface area contributed by atoms with E-state index in [0.717, 1.165) is 64.2 Å². The molecule has 11 heteroatoms. The van der Waals surface area contributed by atoms with Crippen LogP contribution in [0.1, 0.15) is 117 Å². The summed E-state index contributed by atoms with van der Waals surface area (Å²) < 4.78 is 32.0. The molecule has 0 spiro atoms. The van der Waals surface area contributed by atoms with Crippen molar-refractivity contribution >= 4 is 19.8 Å². The Bertz CT molecular complexity index is 685. The van der Waals surface area contributed by atoms with E-state index < -0.39 is 58.4 Å². The largest absolute Gasteiger partial charge is 0.472 e. The van der Waals surface area contributed by atoms with Gasteiger partial charge in [0, 0.05) is 12.8 Å². The highest BCUT2D eigenvalue weighted by Gasteiger charge is 2.27. The van der Waals surface area contributed by atoms with Crippen molar-refractivity contribution in [1.29, 1.82) is 0 Å². The van der Waals surface area contributed by atoms with Crippen LogP contribution in [0.15, 0.2) is 12.2 Å². The second-order valence-corrected chi connectivity index (χ2v) is 11.2. The summed E-state index contributed by atoms with van der Waals surface area (Å²) in [6, 6.07) is 0. The third-order valence-electron chi connectivity index (χ3n) is 5.98. The van der Waals surface area contributed by atoms with Crippen molar-refractivity contribution in [2.24, 2.45) is 0 Å².